The van der Waals surface area contributed by atoms with E-state index >= 15 is 0 Å². The van der Waals surface area contributed by atoms with E-state index < -0.39 is 0 Å². The molecule has 0 atom stereocenters. The fourth-order valence-corrected chi connectivity index (χ4v) is 4.29. The minimum Gasteiger partial charge on any atom is -0.496 e. The van der Waals surface area contributed by atoms with Gasteiger partial charge in [-0.2, -0.15) is 0 Å². The standard InChI is InChI=1S/C24H21Cl2N5O2/c1-33-21-11-19-18(29-24(30-19)31-22-16(25)5-2-6-17(22)26)10-15(21)23(32)28-12-20-14(13-7-8-13)4-3-9-27-20/h2-6,9-11,13H,7-8,12H2,1H3,(H,28,32)(H2,29,30,31). The van der Waals surface area contributed by atoms with Gasteiger partial charge in [-0.15, -0.1) is 0 Å². The molecule has 1 aliphatic carbocycles. The van der Waals surface area contributed by atoms with E-state index in [1.165, 1.54) is 25.5 Å². The summed E-state index contributed by atoms with van der Waals surface area (Å²) in [7, 11) is 1.53. The van der Waals surface area contributed by atoms with Crippen molar-refractivity contribution in [3.05, 3.63) is 75.5 Å². The number of anilines is 2. The summed E-state index contributed by atoms with van der Waals surface area (Å²) in [6.45, 7) is 0.355. The fraction of sp³-hybridized carbons (Fsp3) is 0.208. The number of imidazole rings is 1. The lowest BCUT2D eigenvalue weighted by molar-refractivity contribution is 0.0947. The highest BCUT2D eigenvalue weighted by Crippen LogP contribution is 2.41. The van der Waals surface area contributed by atoms with E-state index in [0.717, 1.165) is 5.69 Å². The van der Waals surface area contributed by atoms with Crippen LogP contribution in [0.25, 0.3) is 11.0 Å². The van der Waals surface area contributed by atoms with Gasteiger partial charge in [-0.1, -0.05) is 35.3 Å². The molecule has 0 bridgehead atoms. The van der Waals surface area contributed by atoms with E-state index in [4.69, 9.17) is 27.9 Å². The van der Waals surface area contributed by atoms with Gasteiger partial charge in [-0.25, -0.2) is 4.98 Å². The fourth-order valence-electron chi connectivity index (χ4n) is 3.80. The molecule has 5 rings (SSSR count). The van der Waals surface area contributed by atoms with Gasteiger partial charge in [-0.05, 0) is 48.6 Å². The number of aromatic amines is 1. The van der Waals surface area contributed by atoms with Crippen LogP contribution in [0.4, 0.5) is 11.6 Å². The number of ether oxygens (including phenoxy) is 1. The van der Waals surface area contributed by atoms with Crippen molar-refractivity contribution in [3.8, 4) is 5.75 Å². The Hall–Kier alpha value is -3.29. The molecule has 0 saturated heterocycles. The number of carbonyl (C=O) groups is 1. The Morgan fingerprint density at radius 1 is 1.18 bits per heavy atom. The number of H-pyrrole nitrogens is 1. The Labute approximate surface area is 200 Å². The van der Waals surface area contributed by atoms with Crippen molar-refractivity contribution in [1.82, 2.24) is 20.3 Å². The van der Waals surface area contributed by atoms with E-state index in [9.17, 15) is 4.79 Å². The molecule has 1 fully saturated rings. The van der Waals surface area contributed by atoms with Gasteiger partial charge >= 0.3 is 0 Å². The van der Waals surface area contributed by atoms with Crippen LogP contribution in [0.15, 0.2) is 48.7 Å². The second-order valence-corrected chi connectivity index (χ2v) is 8.69. The molecule has 0 unspecified atom stereocenters. The number of carbonyl (C=O) groups excluding carboxylic acids is 1. The van der Waals surface area contributed by atoms with Gasteiger partial charge in [0.2, 0.25) is 5.95 Å². The van der Waals surface area contributed by atoms with Crippen LogP contribution in [-0.2, 0) is 6.54 Å². The van der Waals surface area contributed by atoms with Crippen LogP contribution in [-0.4, -0.2) is 28.0 Å². The number of pyridine rings is 1. The minimum absolute atomic E-state index is 0.251. The Balaban J connectivity index is 1.39. The normalized spacial score (nSPS) is 13.2. The van der Waals surface area contributed by atoms with E-state index in [1.54, 1.807) is 36.5 Å². The number of methoxy groups -OCH3 is 1. The molecular weight excluding hydrogens is 461 g/mol. The van der Waals surface area contributed by atoms with Crippen molar-refractivity contribution in [3.63, 3.8) is 0 Å². The lowest BCUT2D eigenvalue weighted by Gasteiger charge is -2.11. The lowest BCUT2D eigenvalue weighted by atomic mass is 10.1. The van der Waals surface area contributed by atoms with Crippen LogP contribution >= 0.6 is 23.2 Å². The number of para-hydroxylation sites is 1. The molecule has 1 amide bonds. The molecule has 0 spiro atoms. The average molecular weight is 482 g/mol. The van der Waals surface area contributed by atoms with Gasteiger partial charge in [0.05, 0.1) is 51.7 Å². The average Bonchev–Trinajstić information content (AvgIpc) is 3.59. The van der Waals surface area contributed by atoms with Crippen molar-refractivity contribution in [2.24, 2.45) is 0 Å². The summed E-state index contributed by atoms with van der Waals surface area (Å²) >= 11 is 12.5. The Morgan fingerprint density at radius 3 is 2.70 bits per heavy atom. The number of aromatic nitrogens is 3. The first-order valence-electron chi connectivity index (χ1n) is 10.5. The van der Waals surface area contributed by atoms with Crippen molar-refractivity contribution >= 4 is 51.8 Å². The summed E-state index contributed by atoms with van der Waals surface area (Å²) < 4.78 is 5.47. The summed E-state index contributed by atoms with van der Waals surface area (Å²) in [4.78, 5) is 25.2. The summed E-state index contributed by atoms with van der Waals surface area (Å²) in [5.41, 5.74) is 4.37. The topological polar surface area (TPSA) is 91.9 Å². The number of hydrogen-bond acceptors (Lipinski definition) is 5. The number of fused-ring (bicyclic) bond motifs is 1. The van der Waals surface area contributed by atoms with Crippen LogP contribution in [0.1, 0.15) is 40.4 Å². The Bertz CT molecular complexity index is 1330. The van der Waals surface area contributed by atoms with E-state index in [1.807, 2.05) is 6.07 Å². The van der Waals surface area contributed by atoms with Crippen LogP contribution in [0.3, 0.4) is 0 Å². The highest BCUT2D eigenvalue weighted by atomic mass is 35.5. The van der Waals surface area contributed by atoms with Crippen LogP contribution in [0.2, 0.25) is 10.0 Å². The number of nitrogens with zero attached hydrogens (tertiary/aromatic N) is 2. The third-order valence-corrected chi connectivity index (χ3v) is 6.24. The quantitative estimate of drug-likeness (QED) is 0.309. The predicted molar refractivity (Wildman–Crippen MR) is 130 cm³/mol. The maximum Gasteiger partial charge on any atom is 0.255 e. The van der Waals surface area contributed by atoms with Crippen LogP contribution < -0.4 is 15.4 Å². The zero-order chi connectivity index (χ0) is 22.9. The molecule has 2 heterocycles. The van der Waals surface area contributed by atoms with Crippen molar-refractivity contribution in [1.29, 1.82) is 0 Å². The lowest BCUT2D eigenvalue weighted by Crippen LogP contribution is -2.24. The second-order valence-electron chi connectivity index (χ2n) is 7.87. The first kappa shape index (κ1) is 21.6. The monoisotopic (exact) mass is 481 g/mol. The Kier molecular flexibility index (Phi) is 5.83. The van der Waals surface area contributed by atoms with Crippen molar-refractivity contribution in [2.75, 3.05) is 12.4 Å². The highest BCUT2D eigenvalue weighted by Gasteiger charge is 2.26. The zero-order valence-electron chi connectivity index (χ0n) is 17.8. The van der Waals surface area contributed by atoms with E-state index in [0.29, 0.717) is 56.5 Å². The van der Waals surface area contributed by atoms with E-state index in [-0.39, 0.29) is 5.91 Å². The van der Waals surface area contributed by atoms with Gasteiger partial charge in [0, 0.05) is 12.3 Å². The molecule has 1 aliphatic rings. The molecule has 2 aromatic heterocycles. The molecule has 0 aliphatic heterocycles. The predicted octanol–water partition coefficient (Wildman–Crippen LogP) is 5.82. The third kappa shape index (κ3) is 4.47. The zero-order valence-corrected chi connectivity index (χ0v) is 19.3. The molecule has 9 heteroatoms. The molecule has 0 radical (unpaired) electrons. The van der Waals surface area contributed by atoms with Crippen LogP contribution in [0.5, 0.6) is 5.75 Å². The van der Waals surface area contributed by atoms with Gasteiger partial charge < -0.3 is 20.4 Å². The number of nitrogens with one attached hydrogen (secondary N) is 3. The van der Waals surface area contributed by atoms with Gasteiger partial charge in [0.25, 0.3) is 5.91 Å². The largest absolute Gasteiger partial charge is 0.496 e. The number of rotatable bonds is 7. The van der Waals surface area contributed by atoms with Gasteiger partial charge in [-0.3, -0.25) is 9.78 Å². The summed E-state index contributed by atoms with van der Waals surface area (Å²) in [6, 6.07) is 12.7. The first-order valence-corrected chi connectivity index (χ1v) is 11.3. The summed E-state index contributed by atoms with van der Waals surface area (Å²) in [5.74, 6) is 1.18. The molecule has 2 aromatic carbocycles. The molecule has 7 nitrogen and oxygen atoms in total. The first-order chi connectivity index (χ1) is 16.0. The molecular formula is C24H21Cl2N5O2. The number of halogens is 2. The molecule has 4 aromatic rings. The minimum atomic E-state index is -0.251. The number of amides is 1. The number of benzene rings is 2. The summed E-state index contributed by atoms with van der Waals surface area (Å²) in [6.07, 6.45) is 4.10. The second kappa shape index (κ2) is 8.92. The molecule has 33 heavy (non-hydrogen) atoms. The van der Waals surface area contributed by atoms with Crippen molar-refractivity contribution < 1.29 is 9.53 Å². The van der Waals surface area contributed by atoms with Crippen LogP contribution in [0, 0.1) is 0 Å². The summed E-state index contributed by atoms with van der Waals surface area (Å²) in [5, 5.41) is 7.02. The molecule has 168 valence electrons. The number of hydrogen-bond donors (Lipinski definition) is 3. The molecule has 1 saturated carbocycles. The third-order valence-electron chi connectivity index (χ3n) is 5.61. The smallest absolute Gasteiger partial charge is 0.255 e. The van der Waals surface area contributed by atoms with Crippen molar-refractivity contribution in [2.45, 2.75) is 25.3 Å². The maximum atomic E-state index is 13.0. The van der Waals surface area contributed by atoms with Gasteiger partial charge in [0.1, 0.15) is 5.75 Å². The highest BCUT2D eigenvalue weighted by molar-refractivity contribution is 6.39. The van der Waals surface area contributed by atoms with Gasteiger partial charge in [0.15, 0.2) is 0 Å². The maximum absolute atomic E-state index is 13.0. The Morgan fingerprint density at radius 2 is 1.97 bits per heavy atom. The molecule has 3 N–H and O–H groups in total. The van der Waals surface area contributed by atoms with E-state index in [2.05, 4.69) is 31.7 Å². The SMILES string of the molecule is COc1cc2nc(Nc3c(Cl)cccc3Cl)[nH]c2cc1C(=O)NCc1ncccc1C1CC1.